The highest BCUT2D eigenvalue weighted by atomic mass is 32.2. The fourth-order valence-corrected chi connectivity index (χ4v) is 3.23. The van der Waals surface area contributed by atoms with Gasteiger partial charge < -0.3 is 11.1 Å². The van der Waals surface area contributed by atoms with Crippen LogP contribution in [0.5, 0.6) is 0 Å². The number of hydrogen-bond donors (Lipinski definition) is 3. The number of aromatic nitrogens is 2. The molecule has 8 heteroatoms. The van der Waals surface area contributed by atoms with Gasteiger partial charge in [-0.25, -0.2) is 18.5 Å². The molecule has 0 bridgehead atoms. The highest BCUT2D eigenvalue weighted by molar-refractivity contribution is 7.89. The fraction of sp³-hybridized carbons (Fsp3) is 0.158. The van der Waals surface area contributed by atoms with Crippen LogP contribution >= 0.6 is 0 Å². The predicted molar refractivity (Wildman–Crippen MR) is 106 cm³/mol. The van der Waals surface area contributed by atoms with Crippen molar-refractivity contribution in [3.05, 3.63) is 65.2 Å². The molecular formula is C19H21N5O2S. The first-order valence-electron chi connectivity index (χ1n) is 8.31. The third kappa shape index (κ3) is 4.42. The average molecular weight is 383 g/mol. The van der Waals surface area contributed by atoms with Crippen molar-refractivity contribution in [3.8, 4) is 11.3 Å². The largest absolute Gasteiger partial charge is 0.368 e. The van der Waals surface area contributed by atoms with Crippen LogP contribution in [-0.4, -0.2) is 18.4 Å². The van der Waals surface area contributed by atoms with Gasteiger partial charge in [-0.3, -0.25) is 0 Å². The van der Waals surface area contributed by atoms with Crippen molar-refractivity contribution in [2.45, 2.75) is 25.3 Å². The van der Waals surface area contributed by atoms with Crippen molar-refractivity contribution < 1.29 is 8.42 Å². The van der Waals surface area contributed by atoms with E-state index in [2.05, 4.69) is 15.3 Å². The standard InChI is InChI=1S/C19H21N5O2S/c1-12-4-3-5-16(13(12)2)17-10-18(24-19(20)23-17)22-11-14-6-8-15(9-7-14)27(21,25)26/h3-10H,11H2,1-2H3,(H2,21,25,26)(H3,20,22,23,24). The van der Waals surface area contributed by atoms with Crippen LogP contribution in [0, 0.1) is 13.8 Å². The van der Waals surface area contributed by atoms with Crippen molar-refractivity contribution >= 4 is 21.8 Å². The number of nitrogens with two attached hydrogens (primary N) is 2. The summed E-state index contributed by atoms with van der Waals surface area (Å²) < 4.78 is 22.6. The molecule has 7 nitrogen and oxygen atoms in total. The molecule has 0 aliphatic heterocycles. The average Bonchev–Trinajstić information content (AvgIpc) is 2.61. The van der Waals surface area contributed by atoms with E-state index < -0.39 is 10.0 Å². The van der Waals surface area contributed by atoms with E-state index in [4.69, 9.17) is 10.9 Å². The van der Waals surface area contributed by atoms with Crippen molar-refractivity contribution in [2.75, 3.05) is 11.1 Å². The molecule has 3 rings (SSSR count). The maximum absolute atomic E-state index is 11.3. The van der Waals surface area contributed by atoms with Crippen LogP contribution in [0.15, 0.2) is 53.4 Å². The molecule has 0 amide bonds. The number of nitrogen functional groups attached to an aromatic ring is 1. The second kappa shape index (κ2) is 7.34. The van der Waals surface area contributed by atoms with E-state index in [1.807, 2.05) is 38.1 Å². The van der Waals surface area contributed by atoms with Gasteiger partial charge in [0.1, 0.15) is 5.82 Å². The van der Waals surface area contributed by atoms with Crippen LogP contribution in [-0.2, 0) is 16.6 Å². The normalized spacial score (nSPS) is 11.4. The lowest BCUT2D eigenvalue weighted by Gasteiger charge is -2.11. The molecule has 3 aromatic rings. The monoisotopic (exact) mass is 383 g/mol. The summed E-state index contributed by atoms with van der Waals surface area (Å²) in [5.41, 5.74) is 10.8. The Kier molecular flexibility index (Phi) is 5.11. The smallest absolute Gasteiger partial charge is 0.238 e. The molecule has 0 aliphatic carbocycles. The van der Waals surface area contributed by atoms with Gasteiger partial charge in [-0.15, -0.1) is 0 Å². The molecule has 0 unspecified atom stereocenters. The van der Waals surface area contributed by atoms with Gasteiger partial charge in [-0.1, -0.05) is 30.3 Å². The van der Waals surface area contributed by atoms with Crippen LogP contribution in [0.25, 0.3) is 11.3 Å². The van der Waals surface area contributed by atoms with Gasteiger partial charge in [0, 0.05) is 18.2 Å². The number of anilines is 2. The third-order valence-corrected chi connectivity index (χ3v) is 5.28. The summed E-state index contributed by atoms with van der Waals surface area (Å²) in [6.07, 6.45) is 0. The number of sulfonamides is 1. The quantitative estimate of drug-likeness (QED) is 0.622. The number of nitrogens with zero attached hydrogens (tertiary/aromatic N) is 2. The van der Waals surface area contributed by atoms with Gasteiger partial charge in [0.15, 0.2) is 0 Å². The lowest BCUT2D eigenvalue weighted by Crippen LogP contribution is -2.12. The van der Waals surface area contributed by atoms with Crippen LogP contribution in [0.4, 0.5) is 11.8 Å². The molecule has 0 aliphatic rings. The van der Waals surface area contributed by atoms with Gasteiger partial charge in [0.05, 0.1) is 10.6 Å². The zero-order valence-electron chi connectivity index (χ0n) is 15.1. The van der Waals surface area contributed by atoms with Gasteiger partial charge >= 0.3 is 0 Å². The Balaban J connectivity index is 1.82. The summed E-state index contributed by atoms with van der Waals surface area (Å²) in [6.45, 7) is 4.55. The maximum atomic E-state index is 11.3. The minimum atomic E-state index is -3.69. The van der Waals surface area contributed by atoms with Crippen LogP contribution < -0.4 is 16.2 Å². The van der Waals surface area contributed by atoms with Crippen molar-refractivity contribution in [1.29, 1.82) is 0 Å². The Hall–Kier alpha value is -2.97. The van der Waals surface area contributed by atoms with Crippen molar-refractivity contribution in [2.24, 2.45) is 5.14 Å². The summed E-state index contributed by atoms with van der Waals surface area (Å²) >= 11 is 0. The minimum absolute atomic E-state index is 0.0785. The zero-order chi connectivity index (χ0) is 19.6. The molecule has 2 aromatic carbocycles. The molecule has 0 spiro atoms. The summed E-state index contributed by atoms with van der Waals surface area (Å²) in [5, 5.41) is 8.30. The predicted octanol–water partition coefficient (Wildman–Crippen LogP) is 2.60. The summed E-state index contributed by atoms with van der Waals surface area (Å²) in [5.74, 6) is 0.773. The Morgan fingerprint density at radius 2 is 1.74 bits per heavy atom. The molecule has 0 saturated heterocycles. The van der Waals surface area contributed by atoms with Crippen molar-refractivity contribution in [1.82, 2.24) is 9.97 Å². The van der Waals surface area contributed by atoms with Crippen LogP contribution in [0.3, 0.4) is 0 Å². The van der Waals surface area contributed by atoms with Gasteiger partial charge in [-0.2, -0.15) is 4.98 Å². The zero-order valence-corrected chi connectivity index (χ0v) is 15.9. The highest BCUT2D eigenvalue weighted by Crippen LogP contribution is 2.26. The summed E-state index contributed by atoms with van der Waals surface area (Å²) in [7, 11) is -3.69. The number of rotatable bonds is 5. The van der Waals surface area contributed by atoms with Crippen molar-refractivity contribution in [3.63, 3.8) is 0 Å². The molecule has 0 saturated carbocycles. The lowest BCUT2D eigenvalue weighted by molar-refractivity contribution is 0.598. The SMILES string of the molecule is Cc1cccc(-c2cc(NCc3ccc(S(N)(=O)=O)cc3)nc(N)n2)c1C. The van der Waals surface area contributed by atoms with E-state index in [1.54, 1.807) is 12.1 Å². The molecule has 0 radical (unpaired) electrons. The van der Waals surface area contributed by atoms with Gasteiger partial charge in [0.2, 0.25) is 16.0 Å². The Labute approximate surface area is 158 Å². The maximum Gasteiger partial charge on any atom is 0.238 e. The third-order valence-electron chi connectivity index (χ3n) is 4.35. The summed E-state index contributed by atoms with van der Waals surface area (Å²) in [6, 6.07) is 14.2. The first kappa shape index (κ1) is 18.8. The molecule has 1 aromatic heterocycles. The van der Waals surface area contributed by atoms with E-state index in [0.717, 1.165) is 22.4 Å². The lowest BCUT2D eigenvalue weighted by atomic mass is 10.0. The molecule has 5 N–H and O–H groups in total. The number of aryl methyl sites for hydroxylation is 1. The molecule has 27 heavy (non-hydrogen) atoms. The van der Waals surface area contributed by atoms with E-state index in [-0.39, 0.29) is 10.8 Å². The van der Waals surface area contributed by atoms with Gasteiger partial charge in [-0.05, 0) is 42.7 Å². The van der Waals surface area contributed by atoms with Crippen LogP contribution in [0.2, 0.25) is 0 Å². The first-order valence-corrected chi connectivity index (χ1v) is 9.85. The number of benzene rings is 2. The second-order valence-electron chi connectivity index (χ2n) is 6.29. The number of primary sulfonamides is 1. The van der Waals surface area contributed by atoms with E-state index in [0.29, 0.717) is 12.4 Å². The summed E-state index contributed by atoms with van der Waals surface area (Å²) in [4.78, 5) is 8.65. The van der Waals surface area contributed by atoms with Crippen LogP contribution in [0.1, 0.15) is 16.7 Å². The fourth-order valence-electron chi connectivity index (χ4n) is 2.71. The highest BCUT2D eigenvalue weighted by Gasteiger charge is 2.10. The van der Waals surface area contributed by atoms with Gasteiger partial charge in [0.25, 0.3) is 0 Å². The Morgan fingerprint density at radius 1 is 1.04 bits per heavy atom. The first-order chi connectivity index (χ1) is 12.7. The number of hydrogen-bond acceptors (Lipinski definition) is 6. The second-order valence-corrected chi connectivity index (χ2v) is 7.85. The molecular weight excluding hydrogens is 362 g/mol. The Bertz CT molecular complexity index is 1080. The molecule has 0 atom stereocenters. The topological polar surface area (TPSA) is 124 Å². The molecule has 140 valence electrons. The molecule has 0 fully saturated rings. The number of nitrogens with one attached hydrogen (secondary N) is 1. The van der Waals surface area contributed by atoms with E-state index >= 15 is 0 Å². The van der Waals surface area contributed by atoms with E-state index in [1.165, 1.54) is 17.7 Å². The van der Waals surface area contributed by atoms with E-state index in [9.17, 15) is 8.42 Å². The molecule has 1 heterocycles. The Morgan fingerprint density at radius 3 is 2.41 bits per heavy atom. The minimum Gasteiger partial charge on any atom is -0.368 e.